The van der Waals surface area contributed by atoms with E-state index < -0.39 is 23.3 Å². The summed E-state index contributed by atoms with van der Waals surface area (Å²) < 4.78 is 0. The highest BCUT2D eigenvalue weighted by molar-refractivity contribution is 6.19. The molecule has 1 heterocycles. The van der Waals surface area contributed by atoms with Crippen LogP contribution in [0.2, 0.25) is 0 Å². The average Bonchev–Trinajstić information content (AvgIpc) is 2.16. The second-order valence-corrected chi connectivity index (χ2v) is 4.14. The predicted molar refractivity (Wildman–Crippen MR) is 58.4 cm³/mol. The second kappa shape index (κ2) is 4.47. The first-order chi connectivity index (χ1) is 7.45. The van der Waals surface area contributed by atoms with Crippen molar-refractivity contribution in [3.63, 3.8) is 0 Å². The normalized spacial score (nSPS) is 20.1. The third-order valence-corrected chi connectivity index (χ3v) is 2.93. The number of allylic oxidation sites excluding steroid dienone is 2. The van der Waals surface area contributed by atoms with Gasteiger partial charge < -0.3 is 0 Å². The number of carbonyl (C=O) groups excluding carboxylic acids is 3. The molecule has 16 heavy (non-hydrogen) atoms. The fraction of sp³-hybridized carbons (Fsp3) is 0.545. The van der Waals surface area contributed by atoms with Crippen LogP contribution in [0.15, 0.2) is 12.2 Å². The lowest BCUT2D eigenvalue weighted by Gasteiger charge is -2.36. The Kier molecular flexibility index (Phi) is 3.47. The molecule has 0 bridgehead atoms. The summed E-state index contributed by atoms with van der Waals surface area (Å²) in [6.07, 6.45) is 3.84. The Hall–Kier alpha value is -1.65. The van der Waals surface area contributed by atoms with Crippen molar-refractivity contribution in [2.45, 2.75) is 27.2 Å². The van der Waals surface area contributed by atoms with Crippen molar-refractivity contribution < 1.29 is 14.4 Å². The summed E-state index contributed by atoms with van der Waals surface area (Å²) in [4.78, 5) is 34.7. The van der Waals surface area contributed by atoms with Crippen LogP contribution in [0, 0.1) is 11.3 Å². The van der Waals surface area contributed by atoms with Crippen LogP contribution in [-0.2, 0) is 9.59 Å². The van der Waals surface area contributed by atoms with Gasteiger partial charge in [0, 0.05) is 0 Å². The van der Waals surface area contributed by atoms with E-state index in [1.54, 1.807) is 26.0 Å². The largest absolute Gasteiger partial charge is 0.328 e. The predicted octanol–water partition coefficient (Wildman–Crippen LogP) is 0.961. The van der Waals surface area contributed by atoms with Gasteiger partial charge in [-0.25, -0.2) is 4.79 Å². The number of rotatable bonds is 3. The molecule has 1 fully saturated rings. The molecule has 1 saturated heterocycles. The van der Waals surface area contributed by atoms with Crippen LogP contribution in [0.25, 0.3) is 0 Å². The SMILES string of the molecule is C/C=C/CC1(C(C)C)C(=O)NC(=O)NC1=O. The summed E-state index contributed by atoms with van der Waals surface area (Å²) in [5.41, 5.74) is -1.18. The van der Waals surface area contributed by atoms with Crippen LogP contribution < -0.4 is 10.6 Å². The molecular formula is C11H16N2O3. The van der Waals surface area contributed by atoms with Gasteiger partial charge in [0.1, 0.15) is 5.41 Å². The fourth-order valence-corrected chi connectivity index (χ4v) is 1.81. The van der Waals surface area contributed by atoms with Gasteiger partial charge in [-0.3, -0.25) is 20.2 Å². The third-order valence-electron chi connectivity index (χ3n) is 2.93. The van der Waals surface area contributed by atoms with E-state index in [4.69, 9.17) is 0 Å². The molecule has 1 aliphatic heterocycles. The lowest BCUT2D eigenvalue weighted by molar-refractivity contribution is -0.147. The molecule has 0 saturated carbocycles. The maximum absolute atomic E-state index is 11.9. The second-order valence-electron chi connectivity index (χ2n) is 4.14. The maximum Gasteiger partial charge on any atom is 0.328 e. The summed E-state index contributed by atoms with van der Waals surface area (Å²) in [6, 6.07) is -0.744. The monoisotopic (exact) mass is 224 g/mol. The first-order valence-electron chi connectivity index (χ1n) is 5.23. The summed E-state index contributed by atoms with van der Waals surface area (Å²) in [5, 5.41) is 4.29. The first-order valence-corrected chi connectivity index (χ1v) is 5.23. The first kappa shape index (κ1) is 12.4. The molecule has 0 aromatic rings. The molecule has 0 aromatic heterocycles. The van der Waals surface area contributed by atoms with Crippen LogP contribution in [0.3, 0.4) is 0 Å². The molecule has 4 amide bonds. The fourth-order valence-electron chi connectivity index (χ4n) is 1.81. The zero-order valence-corrected chi connectivity index (χ0v) is 9.66. The Labute approximate surface area is 94.3 Å². The van der Waals surface area contributed by atoms with Crippen molar-refractivity contribution in [1.82, 2.24) is 10.6 Å². The molecule has 0 spiro atoms. The topological polar surface area (TPSA) is 75.3 Å². The molecule has 0 radical (unpaired) electrons. The lowest BCUT2D eigenvalue weighted by atomic mass is 9.72. The number of hydrogen-bond donors (Lipinski definition) is 2. The van der Waals surface area contributed by atoms with E-state index in [-0.39, 0.29) is 5.92 Å². The standard InChI is InChI=1S/C11H16N2O3/c1-4-5-6-11(7(2)3)8(14)12-10(16)13-9(11)15/h4-5,7H,6H2,1-3H3,(H2,12,13,14,15,16)/b5-4+. The van der Waals surface area contributed by atoms with Crippen LogP contribution in [0.1, 0.15) is 27.2 Å². The van der Waals surface area contributed by atoms with Crippen molar-refractivity contribution in [3.05, 3.63) is 12.2 Å². The molecule has 1 rings (SSSR count). The molecule has 88 valence electrons. The van der Waals surface area contributed by atoms with Gasteiger partial charge >= 0.3 is 6.03 Å². The van der Waals surface area contributed by atoms with Gasteiger partial charge in [0.2, 0.25) is 11.8 Å². The van der Waals surface area contributed by atoms with E-state index in [0.717, 1.165) is 0 Å². The smallest absolute Gasteiger partial charge is 0.277 e. The molecule has 0 aromatic carbocycles. The van der Waals surface area contributed by atoms with Crippen molar-refractivity contribution in [1.29, 1.82) is 0 Å². The number of imide groups is 2. The molecule has 2 N–H and O–H groups in total. The minimum Gasteiger partial charge on any atom is -0.277 e. The average molecular weight is 224 g/mol. The summed E-state index contributed by atoms with van der Waals surface area (Å²) >= 11 is 0. The molecule has 5 nitrogen and oxygen atoms in total. The highest BCUT2D eigenvalue weighted by Crippen LogP contribution is 2.34. The maximum atomic E-state index is 11.9. The molecular weight excluding hydrogens is 208 g/mol. The third kappa shape index (κ3) is 1.85. The lowest BCUT2D eigenvalue weighted by Crippen LogP contribution is -2.64. The summed E-state index contributed by atoms with van der Waals surface area (Å²) in [7, 11) is 0. The zero-order chi connectivity index (χ0) is 12.3. The number of hydrogen-bond acceptors (Lipinski definition) is 3. The van der Waals surface area contributed by atoms with Gasteiger partial charge in [-0.1, -0.05) is 26.0 Å². The molecule has 0 atom stereocenters. The quantitative estimate of drug-likeness (QED) is 0.554. The van der Waals surface area contributed by atoms with E-state index in [1.165, 1.54) is 0 Å². The summed E-state index contributed by atoms with van der Waals surface area (Å²) in [6.45, 7) is 5.40. The van der Waals surface area contributed by atoms with Crippen molar-refractivity contribution in [2.75, 3.05) is 0 Å². The van der Waals surface area contributed by atoms with Crippen molar-refractivity contribution >= 4 is 17.8 Å². The molecule has 1 aliphatic rings. The Bertz CT molecular complexity index is 338. The van der Waals surface area contributed by atoms with Crippen LogP contribution in [-0.4, -0.2) is 17.8 Å². The number of urea groups is 1. The van der Waals surface area contributed by atoms with Gasteiger partial charge in [-0.15, -0.1) is 0 Å². The van der Waals surface area contributed by atoms with E-state index in [2.05, 4.69) is 10.6 Å². The minimum atomic E-state index is -1.18. The van der Waals surface area contributed by atoms with Gasteiger partial charge in [0.15, 0.2) is 0 Å². The molecule has 0 aliphatic carbocycles. The Morgan fingerprint density at radius 1 is 1.19 bits per heavy atom. The molecule has 0 unspecified atom stereocenters. The molecule has 5 heteroatoms. The van der Waals surface area contributed by atoms with Crippen LogP contribution in [0.5, 0.6) is 0 Å². The number of carbonyl (C=O) groups is 3. The van der Waals surface area contributed by atoms with E-state index in [9.17, 15) is 14.4 Å². The Morgan fingerprint density at radius 3 is 2.06 bits per heavy atom. The highest BCUT2D eigenvalue weighted by Gasteiger charge is 2.51. The van der Waals surface area contributed by atoms with E-state index in [1.807, 2.05) is 6.92 Å². The van der Waals surface area contributed by atoms with Crippen LogP contribution >= 0.6 is 0 Å². The minimum absolute atomic E-state index is 0.184. The number of amides is 4. The Balaban J connectivity index is 3.11. The van der Waals surface area contributed by atoms with Gasteiger partial charge in [0.05, 0.1) is 0 Å². The van der Waals surface area contributed by atoms with E-state index in [0.29, 0.717) is 6.42 Å². The summed E-state index contributed by atoms with van der Waals surface area (Å²) in [5.74, 6) is -1.22. The van der Waals surface area contributed by atoms with E-state index >= 15 is 0 Å². The van der Waals surface area contributed by atoms with Gasteiger partial charge in [0.25, 0.3) is 0 Å². The number of barbiturate groups is 1. The van der Waals surface area contributed by atoms with Crippen LogP contribution in [0.4, 0.5) is 4.79 Å². The zero-order valence-electron chi connectivity index (χ0n) is 9.66. The highest BCUT2D eigenvalue weighted by atomic mass is 16.2. The van der Waals surface area contributed by atoms with Crippen molar-refractivity contribution in [2.24, 2.45) is 11.3 Å². The van der Waals surface area contributed by atoms with Gasteiger partial charge in [-0.05, 0) is 19.3 Å². The van der Waals surface area contributed by atoms with Gasteiger partial charge in [-0.2, -0.15) is 0 Å². The Morgan fingerprint density at radius 2 is 1.69 bits per heavy atom. The number of nitrogens with one attached hydrogen (secondary N) is 2. The van der Waals surface area contributed by atoms with Crippen molar-refractivity contribution in [3.8, 4) is 0 Å².